The van der Waals surface area contributed by atoms with E-state index in [1.165, 1.54) is 0 Å². The zero-order valence-electron chi connectivity index (χ0n) is 16.7. The number of H-pyrrole nitrogens is 1. The molecule has 1 atom stereocenters. The van der Waals surface area contributed by atoms with Crippen molar-refractivity contribution < 1.29 is 9.59 Å². The fourth-order valence-corrected chi connectivity index (χ4v) is 4.09. The van der Waals surface area contributed by atoms with Gasteiger partial charge in [0.2, 0.25) is 5.91 Å². The Hall–Kier alpha value is -3.08. The predicted octanol–water partition coefficient (Wildman–Crippen LogP) is 4.29. The quantitative estimate of drug-likeness (QED) is 0.684. The number of fused-ring (bicyclic) bond motifs is 1. The summed E-state index contributed by atoms with van der Waals surface area (Å²) in [5, 5.41) is 4.14. The van der Waals surface area contributed by atoms with E-state index in [0.717, 1.165) is 29.3 Å². The van der Waals surface area contributed by atoms with Crippen LogP contribution in [0.5, 0.6) is 0 Å². The summed E-state index contributed by atoms with van der Waals surface area (Å²) in [6.45, 7) is 3.40. The first-order valence-corrected chi connectivity index (χ1v) is 10.3. The van der Waals surface area contributed by atoms with E-state index in [9.17, 15) is 9.59 Å². The Kier molecular flexibility index (Phi) is 5.65. The Bertz CT molecular complexity index is 955. The van der Waals surface area contributed by atoms with Gasteiger partial charge in [0.25, 0.3) is 5.91 Å². The third-order valence-electron chi connectivity index (χ3n) is 5.81. The lowest BCUT2D eigenvalue weighted by atomic mass is 9.92. The van der Waals surface area contributed by atoms with Crippen molar-refractivity contribution in [2.75, 3.05) is 13.1 Å². The zero-order valence-corrected chi connectivity index (χ0v) is 16.7. The number of amides is 2. The van der Waals surface area contributed by atoms with E-state index in [-0.39, 0.29) is 17.9 Å². The standard InChI is InChI=1S/C24H27N3O2/c1-17(19-7-3-2-4-8-19)25-23(28)15-18-11-13-27(14-12-18)24(29)22-16-20-9-5-6-10-21(20)26-22/h2-10,16-18,26H,11-15H2,1H3,(H,25,28). The average Bonchev–Trinajstić information content (AvgIpc) is 3.18. The van der Waals surface area contributed by atoms with Gasteiger partial charge < -0.3 is 15.2 Å². The third-order valence-corrected chi connectivity index (χ3v) is 5.81. The Morgan fingerprint density at radius 3 is 2.48 bits per heavy atom. The second-order valence-electron chi connectivity index (χ2n) is 7.91. The van der Waals surface area contributed by atoms with Crippen LogP contribution in [-0.4, -0.2) is 34.8 Å². The molecule has 1 aliphatic heterocycles. The number of aromatic nitrogens is 1. The second-order valence-corrected chi connectivity index (χ2v) is 7.91. The number of rotatable bonds is 5. The topological polar surface area (TPSA) is 65.2 Å². The molecule has 1 aliphatic rings. The number of hydrogen-bond donors (Lipinski definition) is 2. The molecule has 1 fully saturated rings. The molecule has 2 N–H and O–H groups in total. The SMILES string of the molecule is CC(NC(=O)CC1CCN(C(=O)c2cc3ccccc3[nH]2)CC1)c1ccccc1. The van der Waals surface area contributed by atoms with Crippen LogP contribution in [0.25, 0.3) is 10.9 Å². The fourth-order valence-electron chi connectivity index (χ4n) is 4.09. The van der Waals surface area contributed by atoms with E-state index in [4.69, 9.17) is 0 Å². The summed E-state index contributed by atoms with van der Waals surface area (Å²) < 4.78 is 0. The maximum Gasteiger partial charge on any atom is 0.270 e. The number of benzene rings is 2. The van der Waals surface area contributed by atoms with Crippen LogP contribution in [0.3, 0.4) is 0 Å². The van der Waals surface area contributed by atoms with Crippen LogP contribution in [0.2, 0.25) is 0 Å². The lowest BCUT2D eigenvalue weighted by Crippen LogP contribution is -2.40. The number of para-hydroxylation sites is 1. The van der Waals surface area contributed by atoms with Crippen molar-refractivity contribution in [1.82, 2.24) is 15.2 Å². The first kappa shape index (κ1) is 19.2. The molecule has 1 aromatic heterocycles. The van der Waals surface area contributed by atoms with Crippen LogP contribution in [-0.2, 0) is 4.79 Å². The zero-order chi connectivity index (χ0) is 20.2. The fraction of sp³-hybridized carbons (Fsp3) is 0.333. The van der Waals surface area contributed by atoms with Gasteiger partial charge in [-0.15, -0.1) is 0 Å². The molecule has 3 aromatic rings. The Balaban J connectivity index is 1.27. The minimum atomic E-state index is 0.00683. The lowest BCUT2D eigenvalue weighted by Gasteiger charge is -2.31. The van der Waals surface area contributed by atoms with Gasteiger partial charge in [0.05, 0.1) is 6.04 Å². The van der Waals surface area contributed by atoms with Gasteiger partial charge in [-0.05, 0) is 43.4 Å². The molecule has 0 bridgehead atoms. The Morgan fingerprint density at radius 2 is 1.76 bits per heavy atom. The molecule has 150 valence electrons. The minimum absolute atomic E-state index is 0.00683. The van der Waals surface area contributed by atoms with E-state index in [1.54, 1.807) is 0 Å². The van der Waals surface area contributed by atoms with Crippen LogP contribution in [0.4, 0.5) is 0 Å². The highest BCUT2D eigenvalue weighted by atomic mass is 16.2. The van der Waals surface area contributed by atoms with E-state index >= 15 is 0 Å². The summed E-state index contributed by atoms with van der Waals surface area (Å²) in [5.41, 5.74) is 2.73. The molecule has 2 heterocycles. The Morgan fingerprint density at radius 1 is 1.07 bits per heavy atom. The van der Waals surface area contributed by atoms with Crippen LogP contribution in [0.15, 0.2) is 60.7 Å². The molecule has 0 aliphatic carbocycles. The van der Waals surface area contributed by atoms with Gasteiger partial charge in [0, 0.05) is 30.4 Å². The first-order valence-electron chi connectivity index (χ1n) is 10.3. The normalized spacial score (nSPS) is 16.0. The molecule has 0 radical (unpaired) electrons. The van der Waals surface area contributed by atoms with E-state index in [2.05, 4.69) is 10.3 Å². The highest BCUT2D eigenvalue weighted by Gasteiger charge is 2.26. The number of aromatic amines is 1. The molecule has 1 unspecified atom stereocenters. The van der Waals surface area contributed by atoms with E-state index in [1.807, 2.05) is 72.5 Å². The summed E-state index contributed by atoms with van der Waals surface area (Å²) in [7, 11) is 0. The molecule has 2 amide bonds. The smallest absolute Gasteiger partial charge is 0.270 e. The van der Waals surface area contributed by atoms with Crippen molar-refractivity contribution in [3.63, 3.8) is 0 Å². The highest BCUT2D eigenvalue weighted by Crippen LogP contribution is 2.23. The maximum absolute atomic E-state index is 12.8. The summed E-state index contributed by atoms with van der Waals surface area (Å²) in [6.07, 6.45) is 2.24. The van der Waals surface area contributed by atoms with Gasteiger partial charge in [0.15, 0.2) is 0 Å². The number of carbonyl (C=O) groups excluding carboxylic acids is 2. The first-order chi connectivity index (χ1) is 14.1. The van der Waals surface area contributed by atoms with Gasteiger partial charge in [0.1, 0.15) is 5.69 Å². The number of nitrogens with zero attached hydrogens (tertiary/aromatic N) is 1. The van der Waals surface area contributed by atoms with E-state index < -0.39 is 0 Å². The summed E-state index contributed by atoms with van der Waals surface area (Å²) >= 11 is 0. The number of piperidine rings is 1. The van der Waals surface area contributed by atoms with Crippen LogP contribution in [0.1, 0.15) is 48.3 Å². The number of hydrogen-bond acceptors (Lipinski definition) is 2. The van der Waals surface area contributed by atoms with E-state index in [0.29, 0.717) is 31.1 Å². The Labute approximate surface area is 171 Å². The van der Waals surface area contributed by atoms with Gasteiger partial charge >= 0.3 is 0 Å². The molecule has 5 nitrogen and oxygen atoms in total. The summed E-state index contributed by atoms with van der Waals surface area (Å²) in [5.74, 6) is 0.452. The van der Waals surface area contributed by atoms with Crippen LogP contribution < -0.4 is 5.32 Å². The maximum atomic E-state index is 12.8. The van der Waals surface area contributed by atoms with Crippen molar-refractivity contribution in [2.24, 2.45) is 5.92 Å². The van der Waals surface area contributed by atoms with Crippen LogP contribution in [0, 0.1) is 5.92 Å². The van der Waals surface area contributed by atoms with Crippen molar-refractivity contribution in [3.8, 4) is 0 Å². The largest absolute Gasteiger partial charge is 0.351 e. The number of nitrogens with one attached hydrogen (secondary N) is 2. The molecule has 0 saturated carbocycles. The predicted molar refractivity (Wildman–Crippen MR) is 115 cm³/mol. The lowest BCUT2D eigenvalue weighted by molar-refractivity contribution is -0.122. The summed E-state index contributed by atoms with van der Waals surface area (Å²) in [6, 6.07) is 19.8. The number of carbonyl (C=O) groups is 2. The van der Waals surface area contributed by atoms with Crippen LogP contribution >= 0.6 is 0 Å². The van der Waals surface area contributed by atoms with Crippen molar-refractivity contribution in [2.45, 2.75) is 32.2 Å². The minimum Gasteiger partial charge on any atom is -0.351 e. The monoisotopic (exact) mass is 389 g/mol. The molecule has 29 heavy (non-hydrogen) atoms. The van der Waals surface area contributed by atoms with Gasteiger partial charge in [-0.2, -0.15) is 0 Å². The molecular formula is C24H27N3O2. The van der Waals surface area contributed by atoms with Crippen molar-refractivity contribution in [1.29, 1.82) is 0 Å². The average molecular weight is 389 g/mol. The second kappa shape index (κ2) is 8.52. The molecule has 1 saturated heterocycles. The van der Waals surface area contributed by atoms with Gasteiger partial charge in [-0.1, -0.05) is 48.5 Å². The van der Waals surface area contributed by atoms with Gasteiger partial charge in [-0.3, -0.25) is 9.59 Å². The highest BCUT2D eigenvalue weighted by molar-refractivity contribution is 5.98. The summed E-state index contributed by atoms with van der Waals surface area (Å²) in [4.78, 5) is 30.4. The number of likely N-dealkylation sites (tertiary alicyclic amines) is 1. The molecule has 2 aromatic carbocycles. The molecule has 0 spiro atoms. The van der Waals surface area contributed by atoms with Crippen molar-refractivity contribution >= 4 is 22.7 Å². The van der Waals surface area contributed by atoms with Gasteiger partial charge in [-0.25, -0.2) is 0 Å². The van der Waals surface area contributed by atoms with Crippen molar-refractivity contribution in [3.05, 3.63) is 71.9 Å². The third kappa shape index (κ3) is 4.50. The molecule has 5 heteroatoms. The molecular weight excluding hydrogens is 362 g/mol. The molecule has 4 rings (SSSR count).